The Morgan fingerprint density at radius 2 is 1.83 bits per heavy atom. The summed E-state index contributed by atoms with van der Waals surface area (Å²) in [7, 11) is 0. The quantitative estimate of drug-likeness (QED) is 0.503. The van der Waals surface area contributed by atoms with E-state index < -0.39 is 35.3 Å². The molecule has 3 aliphatic heterocycles. The molecule has 5 rings (SSSR count). The Bertz CT molecular complexity index is 1180. The minimum Gasteiger partial charge on any atom is -0.486 e. The van der Waals surface area contributed by atoms with Crippen molar-refractivity contribution in [1.82, 2.24) is 5.32 Å². The Hall–Kier alpha value is -3.39. The number of imide groups is 1. The molecule has 2 aromatic carbocycles. The summed E-state index contributed by atoms with van der Waals surface area (Å²) in [5.41, 5.74) is 1.00. The van der Waals surface area contributed by atoms with E-state index in [1.54, 1.807) is 25.1 Å². The maximum absolute atomic E-state index is 14.0. The van der Waals surface area contributed by atoms with Gasteiger partial charge in [0.1, 0.15) is 18.8 Å². The zero-order chi connectivity index (χ0) is 24.7. The van der Waals surface area contributed by atoms with E-state index in [1.807, 2.05) is 38.1 Å². The van der Waals surface area contributed by atoms with Gasteiger partial charge in [-0.3, -0.25) is 19.7 Å². The van der Waals surface area contributed by atoms with E-state index in [2.05, 4.69) is 5.32 Å². The summed E-state index contributed by atoms with van der Waals surface area (Å²) in [6.45, 7) is 6.69. The maximum atomic E-state index is 14.0. The van der Waals surface area contributed by atoms with Gasteiger partial charge in [-0.25, -0.2) is 4.90 Å². The van der Waals surface area contributed by atoms with Crippen LogP contribution in [0.15, 0.2) is 42.5 Å². The van der Waals surface area contributed by atoms with E-state index >= 15 is 0 Å². The molecule has 2 amide bonds. The van der Waals surface area contributed by atoms with Crippen molar-refractivity contribution in [3.63, 3.8) is 0 Å². The third-order valence-electron chi connectivity index (χ3n) is 7.25. The fourth-order valence-corrected chi connectivity index (χ4v) is 5.80. The minimum absolute atomic E-state index is 0.187. The number of nitrogens with one attached hydrogen (secondary N) is 1. The molecule has 2 saturated heterocycles. The molecule has 0 aromatic heterocycles. The second-order valence-corrected chi connectivity index (χ2v) is 9.26. The molecule has 0 bridgehead atoms. The first-order valence-electron chi connectivity index (χ1n) is 12.2. The van der Waals surface area contributed by atoms with Crippen molar-refractivity contribution in [3.8, 4) is 11.5 Å². The molecule has 3 heterocycles. The van der Waals surface area contributed by atoms with Crippen molar-refractivity contribution in [1.29, 1.82) is 0 Å². The summed E-state index contributed by atoms with van der Waals surface area (Å²) in [4.78, 5) is 42.6. The number of anilines is 1. The van der Waals surface area contributed by atoms with Crippen LogP contribution in [0.1, 0.15) is 43.9 Å². The molecular weight excluding hydrogens is 448 g/mol. The number of hydrogen-bond donors (Lipinski definition) is 1. The van der Waals surface area contributed by atoms with E-state index in [4.69, 9.17) is 14.2 Å². The van der Waals surface area contributed by atoms with Crippen LogP contribution in [0, 0.1) is 18.8 Å². The second-order valence-electron chi connectivity index (χ2n) is 9.26. The zero-order valence-corrected chi connectivity index (χ0v) is 20.2. The molecular formula is C27H30N2O6. The summed E-state index contributed by atoms with van der Waals surface area (Å²) in [6.07, 6.45) is 1.02. The van der Waals surface area contributed by atoms with Crippen LogP contribution in [0.5, 0.6) is 11.5 Å². The molecule has 3 aliphatic rings. The first-order valence-corrected chi connectivity index (χ1v) is 12.2. The van der Waals surface area contributed by atoms with Gasteiger partial charge in [-0.05, 0) is 43.5 Å². The zero-order valence-electron chi connectivity index (χ0n) is 20.2. The number of aryl methyl sites for hydroxylation is 1. The number of carbonyl (C=O) groups is 3. The van der Waals surface area contributed by atoms with Gasteiger partial charge in [0.2, 0.25) is 11.8 Å². The van der Waals surface area contributed by atoms with Gasteiger partial charge >= 0.3 is 5.97 Å². The monoisotopic (exact) mass is 478 g/mol. The Balaban J connectivity index is 1.63. The number of amides is 2. The van der Waals surface area contributed by atoms with Gasteiger partial charge in [0.15, 0.2) is 11.5 Å². The summed E-state index contributed by atoms with van der Waals surface area (Å²) in [5, 5.41) is 3.44. The number of hydrogen-bond acceptors (Lipinski definition) is 7. The highest BCUT2D eigenvalue weighted by Gasteiger charge is 2.68. The summed E-state index contributed by atoms with van der Waals surface area (Å²) in [5.74, 6) is -1.78. The summed E-state index contributed by atoms with van der Waals surface area (Å²) in [6, 6.07) is 12.3. The third kappa shape index (κ3) is 3.58. The number of ether oxygens (including phenoxy) is 3. The molecule has 0 saturated carbocycles. The van der Waals surface area contributed by atoms with Crippen LogP contribution < -0.4 is 19.7 Å². The van der Waals surface area contributed by atoms with Crippen LogP contribution in [-0.4, -0.2) is 43.1 Å². The lowest BCUT2D eigenvalue weighted by Crippen LogP contribution is -2.56. The van der Waals surface area contributed by atoms with E-state index in [1.165, 1.54) is 4.90 Å². The smallest absolute Gasteiger partial charge is 0.327 e. The minimum atomic E-state index is -1.29. The fourth-order valence-electron chi connectivity index (χ4n) is 5.80. The molecule has 0 aliphatic carbocycles. The van der Waals surface area contributed by atoms with Crippen LogP contribution >= 0.6 is 0 Å². The van der Waals surface area contributed by atoms with Crippen molar-refractivity contribution < 1.29 is 28.6 Å². The highest BCUT2D eigenvalue weighted by atomic mass is 16.6. The molecule has 0 spiro atoms. The lowest BCUT2D eigenvalue weighted by molar-refractivity contribution is -0.155. The highest BCUT2D eigenvalue weighted by molar-refractivity contribution is 6.24. The van der Waals surface area contributed by atoms with Crippen LogP contribution in [0.2, 0.25) is 0 Å². The summed E-state index contributed by atoms with van der Waals surface area (Å²) < 4.78 is 16.8. The highest BCUT2D eigenvalue weighted by Crippen LogP contribution is 2.52. The van der Waals surface area contributed by atoms with E-state index in [9.17, 15) is 14.4 Å². The number of benzene rings is 2. The first-order chi connectivity index (χ1) is 16.9. The average molecular weight is 479 g/mol. The summed E-state index contributed by atoms with van der Waals surface area (Å²) >= 11 is 0. The van der Waals surface area contributed by atoms with Crippen molar-refractivity contribution in [2.45, 2.75) is 45.2 Å². The molecule has 4 unspecified atom stereocenters. The van der Waals surface area contributed by atoms with Gasteiger partial charge < -0.3 is 14.2 Å². The van der Waals surface area contributed by atoms with Gasteiger partial charge in [-0.15, -0.1) is 0 Å². The molecule has 1 N–H and O–H groups in total. The van der Waals surface area contributed by atoms with E-state index in [0.29, 0.717) is 43.2 Å². The van der Waals surface area contributed by atoms with Gasteiger partial charge in [0.25, 0.3) is 0 Å². The van der Waals surface area contributed by atoms with Gasteiger partial charge in [-0.1, -0.05) is 37.6 Å². The van der Waals surface area contributed by atoms with Crippen LogP contribution in [-0.2, 0) is 19.1 Å². The lowest BCUT2D eigenvalue weighted by Gasteiger charge is -2.33. The predicted molar refractivity (Wildman–Crippen MR) is 128 cm³/mol. The number of carbonyl (C=O) groups excluding carboxylic acids is 3. The van der Waals surface area contributed by atoms with Crippen molar-refractivity contribution in [2.24, 2.45) is 11.8 Å². The third-order valence-corrected chi connectivity index (χ3v) is 7.25. The first kappa shape index (κ1) is 23.4. The standard InChI is InChI=1S/C27H30N2O6/c1-4-12-27(26(32)33-5-2)22-21(23(28-27)18-9-7-6-8-16(18)3)24(30)29(25(22)31)17-10-11-19-20(15-17)35-14-13-34-19/h6-11,15,21-23,28H,4-5,12-14H2,1-3H3. The van der Waals surface area contributed by atoms with Crippen molar-refractivity contribution in [2.75, 3.05) is 24.7 Å². The van der Waals surface area contributed by atoms with Crippen LogP contribution in [0.4, 0.5) is 5.69 Å². The number of fused-ring (bicyclic) bond motifs is 2. The van der Waals surface area contributed by atoms with Crippen LogP contribution in [0.25, 0.3) is 0 Å². The number of nitrogens with zero attached hydrogens (tertiary/aromatic N) is 1. The molecule has 8 nitrogen and oxygen atoms in total. The second kappa shape index (κ2) is 9.00. The van der Waals surface area contributed by atoms with Gasteiger partial charge in [0.05, 0.1) is 24.1 Å². The van der Waals surface area contributed by atoms with Crippen LogP contribution in [0.3, 0.4) is 0 Å². The molecule has 184 valence electrons. The molecule has 4 atom stereocenters. The fraction of sp³-hybridized carbons (Fsp3) is 0.444. The number of esters is 1. The maximum Gasteiger partial charge on any atom is 0.327 e. The Kier molecular flexibility index (Phi) is 6.01. The predicted octanol–water partition coefficient (Wildman–Crippen LogP) is 3.32. The molecule has 2 fully saturated rings. The molecule has 35 heavy (non-hydrogen) atoms. The average Bonchev–Trinajstić information content (AvgIpc) is 3.33. The molecule has 2 aromatic rings. The Morgan fingerprint density at radius 3 is 2.54 bits per heavy atom. The number of rotatable bonds is 6. The Morgan fingerprint density at radius 1 is 1.09 bits per heavy atom. The van der Waals surface area contributed by atoms with Crippen molar-refractivity contribution >= 4 is 23.5 Å². The van der Waals surface area contributed by atoms with Gasteiger partial charge in [-0.2, -0.15) is 0 Å². The van der Waals surface area contributed by atoms with Gasteiger partial charge in [0, 0.05) is 12.1 Å². The topological polar surface area (TPSA) is 94.2 Å². The van der Waals surface area contributed by atoms with Crippen molar-refractivity contribution in [3.05, 3.63) is 53.6 Å². The molecule has 0 radical (unpaired) electrons. The Labute approximate surface area is 204 Å². The molecule has 8 heteroatoms. The SMILES string of the molecule is CCCC1(C(=O)OCC)NC(c2ccccc2C)C2C(=O)N(c3ccc4c(c3)OCCO4)C(=O)C21. The lowest BCUT2D eigenvalue weighted by atomic mass is 9.76. The normalized spacial score (nSPS) is 27.2. The van der Waals surface area contributed by atoms with E-state index in [0.717, 1.165) is 11.1 Å². The largest absolute Gasteiger partial charge is 0.486 e. The van der Waals surface area contributed by atoms with E-state index in [-0.39, 0.29) is 12.5 Å².